The molecule has 1 saturated heterocycles. The molecule has 1 amide bonds. The molecule has 0 aliphatic carbocycles. The Hall–Kier alpha value is -2.40. The van der Waals surface area contributed by atoms with E-state index >= 15 is 0 Å². The molecule has 0 bridgehead atoms. The Balaban J connectivity index is 1.45. The van der Waals surface area contributed by atoms with Crippen molar-refractivity contribution < 1.29 is 9.32 Å². The maximum Gasteiger partial charge on any atom is 0.273 e. The number of rotatable bonds is 7. The number of nitrogens with one attached hydrogen (secondary N) is 1. The first-order valence-electron chi connectivity index (χ1n) is 8.85. The second-order valence-electron chi connectivity index (χ2n) is 6.59. The Kier molecular flexibility index (Phi) is 6.01. The van der Waals surface area contributed by atoms with Crippen LogP contribution in [0.3, 0.4) is 0 Å². The first-order valence-corrected chi connectivity index (χ1v) is 8.85. The molecule has 5 heteroatoms. The van der Waals surface area contributed by atoms with E-state index in [1.165, 1.54) is 18.4 Å². The van der Waals surface area contributed by atoms with Gasteiger partial charge in [0, 0.05) is 12.6 Å². The molecule has 0 radical (unpaired) electrons. The minimum atomic E-state index is -0.225. The quantitative estimate of drug-likeness (QED) is 0.788. The maximum atomic E-state index is 11.8. The summed E-state index contributed by atoms with van der Waals surface area (Å²) in [6.07, 6.45) is 5.18. The van der Waals surface area contributed by atoms with E-state index in [-0.39, 0.29) is 5.91 Å². The van der Waals surface area contributed by atoms with Crippen molar-refractivity contribution in [3.05, 3.63) is 66.1 Å². The summed E-state index contributed by atoms with van der Waals surface area (Å²) in [6.45, 7) is 6.81. The zero-order valence-corrected chi connectivity index (χ0v) is 14.5. The van der Waals surface area contributed by atoms with Gasteiger partial charge in [-0.3, -0.25) is 9.69 Å². The van der Waals surface area contributed by atoms with E-state index in [0.29, 0.717) is 18.8 Å². The van der Waals surface area contributed by atoms with Gasteiger partial charge < -0.3 is 9.84 Å². The van der Waals surface area contributed by atoms with E-state index in [1.54, 1.807) is 12.1 Å². The van der Waals surface area contributed by atoms with Gasteiger partial charge in [-0.1, -0.05) is 41.6 Å². The van der Waals surface area contributed by atoms with Crippen LogP contribution in [-0.2, 0) is 13.0 Å². The van der Waals surface area contributed by atoms with Gasteiger partial charge in [-0.2, -0.15) is 0 Å². The molecular weight excluding hydrogens is 314 g/mol. The molecule has 3 rings (SSSR count). The van der Waals surface area contributed by atoms with Crippen molar-refractivity contribution in [2.24, 2.45) is 5.92 Å². The highest BCUT2D eigenvalue weighted by Crippen LogP contribution is 2.23. The number of amides is 1. The van der Waals surface area contributed by atoms with Crippen molar-refractivity contribution in [1.82, 2.24) is 15.4 Å². The lowest BCUT2D eigenvalue weighted by Gasteiger charge is -2.31. The second-order valence-corrected chi connectivity index (χ2v) is 6.59. The van der Waals surface area contributed by atoms with Crippen molar-refractivity contribution >= 4 is 5.91 Å². The first-order chi connectivity index (χ1) is 12.2. The summed E-state index contributed by atoms with van der Waals surface area (Å²) in [5, 5.41) is 6.56. The van der Waals surface area contributed by atoms with E-state index in [0.717, 1.165) is 31.2 Å². The monoisotopic (exact) mass is 339 g/mol. The lowest BCUT2D eigenvalue weighted by Crippen LogP contribution is -2.33. The van der Waals surface area contributed by atoms with E-state index in [4.69, 9.17) is 4.52 Å². The highest BCUT2D eigenvalue weighted by Gasteiger charge is 2.21. The minimum absolute atomic E-state index is 0.225. The molecule has 2 heterocycles. The molecule has 1 fully saturated rings. The van der Waals surface area contributed by atoms with Gasteiger partial charge in [0.25, 0.3) is 5.91 Å². The fourth-order valence-electron chi connectivity index (χ4n) is 3.27. The summed E-state index contributed by atoms with van der Waals surface area (Å²) in [4.78, 5) is 14.2. The van der Waals surface area contributed by atoms with Gasteiger partial charge in [-0.05, 0) is 43.8 Å². The molecule has 1 aromatic carbocycles. The highest BCUT2D eigenvalue weighted by molar-refractivity contribution is 5.92. The normalized spacial score (nSPS) is 15.8. The van der Waals surface area contributed by atoms with Crippen LogP contribution >= 0.6 is 0 Å². The fraction of sp³-hybridized carbons (Fsp3) is 0.400. The Morgan fingerprint density at radius 3 is 2.80 bits per heavy atom. The van der Waals surface area contributed by atoms with Crippen LogP contribution in [0.4, 0.5) is 0 Å². The van der Waals surface area contributed by atoms with Crippen LogP contribution in [0.5, 0.6) is 0 Å². The predicted molar refractivity (Wildman–Crippen MR) is 97.2 cm³/mol. The number of hydrogen-bond acceptors (Lipinski definition) is 4. The van der Waals surface area contributed by atoms with Gasteiger partial charge in [0.05, 0.1) is 6.54 Å². The summed E-state index contributed by atoms with van der Waals surface area (Å²) in [6, 6.07) is 12.4. The molecule has 1 aromatic heterocycles. The molecule has 1 aliphatic heterocycles. The zero-order valence-electron chi connectivity index (χ0n) is 14.5. The van der Waals surface area contributed by atoms with Crippen molar-refractivity contribution in [2.45, 2.75) is 25.8 Å². The molecule has 0 saturated carbocycles. The van der Waals surface area contributed by atoms with Crippen molar-refractivity contribution in [3.63, 3.8) is 0 Å². The van der Waals surface area contributed by atoms with Crippen LogP contribution < -0.4 is 5.32 Å². The molecule has 132 valence electrons. The van der Waals surface area contributed by atoms with Crippen LogP contribution in [0, 0.1) is 5.92 Å². The van der Waals surface area contributed by atoms with Gasteiger partial charge in [-0.15, -0.1) is 6.58 Å². The van der Waals surface area contributed by atoms with Crippen molar-refractivity contribution in [3.8, 4) is 0 Å². The first kappa shape index (κ1) is 17.4. The fourth-order valence-corrected chi connectivity index (χ4v) is 3.27. The lowest BCUT2D eigenvalue weighted by atomic mass is 9.90. The van der Waals surface area contributed by atoms with Crippen LogP contribution in [0.15, 0.2) is 53.6 Å². The van der Waals surface area contributed by atoms with E-state index in [9.17, 15) is 4.79 Å². The number of carbonyl (C=O) groups excluding carboxylic acids is 1. The molecule has 5 nitrogen and oxygen atoms in total. The smallest absolute Gasteiger partial charge is 0.273 e. The molecule has 0 atom stereocenters. The van der Waals surface area contributed by atoms with E-state index < -0.39 is 0 Å². The highest BCUT2D eigenvalue weighted by atomic mass is 16.5. The lowest BCUT2D eigenvalue weighted by molar-refractivity contribution is 0.0948. The molecule has 25 heavy (non-hydrogen) atoms. The van der Waals surface area contributed by atoms with Crippen LogP contribution in [0.25, 0.3) is 0 Å². The molecule has 0 spiro atoms. The average molecular weight is 339 g/mol. The van der Waals surface area contributed by atoms with Crippen LogP contribution in [0.1, 0.15) is 34.7 Å². The number of likely N-dealkylation sites (tertiary alicyclic amines) is 1. The van der Waals surface area contributed by atoms with Gasteiger partial charge in [0.15, 0.2) is 11.5 Å². The van der Waals surface area contributed by atoms with Crippen LogP contribution in [0.2, 0.25) is 0 Å². The molecule has 1 aliphatic rings. The summed E-state index contributed by atoms with van der Waals surface area (Å²) >= 11 is 0. The van der Waals surface area contributed by atoms with E-state index in [2.05, 4.69) is 52.3 Å². The molecule has 2 aromatic rings. The average Bonchev–Trinajstić information content (AvgIpc) is 3.11. The predicted octanol–water partition coefficient (Wildman–Crippen LogP) is 3.05. The largest absolute Gasteiger partial charge is 0.359 e. The number of hydrogen-bond donors (Lipinski definition) is 1. The third-order valence-corrected chi connectivity index (χ3v) is 4.65. The molecule has 1 N–H and O–H groups in total. The van der Waals surface area contributed by atoms with Gasteiger partial charge in [-0.25, -0.2) is 0 Å². The number of carbonyl (C=O) groups is 1. The van der Waals surface area contributed by atoms with Crippen molar-refractivity contribution in [2.75, 3.05) is 19.6 Å². The number of piperidine rings is 1. The summed E-state index contributed by atoms with van der Waals surface area (Å²) in [7, 11) is 0. The minimum Gasteiger partial charge on any atom is -0.359 e. The van der Waals surface area contributed by atoms with Gasteiger partial charge in [0.2, 0.25) is 0 Å². The zero-order chi connectivity index (χ0) is 17.5. The van der Waals surface area contributed by atoms with Crippen molar-refractivity contribution in [1.29, 1.82) is 0 Å². The molecular formula is C20H25N3O2. The third kappa shape index (κ3) is 5.03. The number of nitrogens with zero attached hydrogens (tertiary/aromatic N) is 2. The van der Waals surface area contributed by atoms with Crippen LogP contribution in [-0.4, -0.2) is 35.6 Å². The number of benzene rings is 1. The molecule has 0 unspecified atom stereocenters. The topological polar surface area (TPSA) is 58.4 Å². The van der Waals surface area contributed by atoms with Gasteiger partial charge in [0.1, 0.15) is 0 Å². The summed E-state index contributed by atoms with van der Waals surface area (Å²) in [5.41, 5.74) is 1.75. The maximum absolute atomic E-state index is 11.8. The Morgan fingerprint density at radius 1 is 1.32 bits per heavy atom. The number of aromatic nitrogens is 1. The third-order valence-electron chi connectivity index (χ3n) is 4.65. The van der Waals surface area contributed by atoms with Gasteiger partial charge >= 0.3 is 0 Å². The second kappa shape index (κ2) is 8.62. The Bertz CT molecular complexity index is 688. The summed E-state index contributed by atoms with van der Waals surface area (Å²) in [5.74, 6) is 1.26. The Morgan fingerprint density at radius 2 is 2.08 bits per heavy atom. The van der Waals surface area contributed by atoms with E-state index in [1.807, 2.05) is 0 Å². The standard InChI is InChI=1S/C20H25N3O2/c1-2-10-21-20(24)19-14-18(25-22-19)15-23-11-8-17(9-12-23)13-16-6-4-3-5-7-16/h2-7,14,17H,1,8-13,15H2,(H,21,24). The SMILES string of the molecule is C=CCNC(=O)c1cc(CN2CCC(Cc3ccccc3)CC2)on1. The Labute approximate surface area is 148 Å². The summed E-state index contributed by atoms with van der Waals surface area (Å²) < 4.78 is 5.31.